The van der Waals surface area contributed by atoms with Gasteiger partial charge in [0.2, 0.25) is 5.91 Å². The molecule has 1 aliphatic heterocycles. The zero-order valence-electron chi connectivity index (χ0n) is 6.30. The maximum atomic E-state index is 11.2. The zero-order chi connectivity index (χ0) is 8.06. The molecule has 2 N–H and O–H groups in total. The topological polar surface area (TPSA) is 70.7 Å². The third kappa shape index (κ3) is 0.621. The van der Waals surface area contributed by atoms with E-state index < -0.39 is 5.41 Å². The van der Waals surface area contributed by atoms with Crippen molar-refractivity contribution in [2.24, 2.45) is 0 Å². The van der Waals surface area contributed by atoms with E-state index in [0.29, 0.717) is 5.82 Å². The molecular formula is C6H8N4O. The number of carbonyl (C=O) groups is 1. The molecule has 0 spiro atoms. The van der Waals surface area contributed by atoms with Gasteiger partial charge in [-0.1, -0.05) is 5.21 Å². The molecule has 0 aromatic carbocycles. The average Bonchev–Trinajstić information content (AvgIpc) is 2.41. The lowest BCUT2D eigenvalue weighted by atomic mass is 9.91. The van der Waals surface area contributed by atoms with E-state index in [1.165, 1.54) is 0 Å². The van der Waals surface area contributed by atoms with Crippen LogP contribution in [-0.2, 0) is 10.2 Å². The molecule has 0 atom stereocenters. The Hall–Kier alpha value is -1.39. The van der Waals surface area contributed by atoms with Gasteiger partial charge < -0.3 is 5.32 Å². The minimum atomic E-state index is -0.515. The quantitative estimate of drug-likeness (QED) is 0.551. The number of nitrogens with zero attached hydrogens (tertiary/aromatic N) is 2. The van der Waals surface area contributed by atoms with Crippen molar-refractivity contribution in [3.05, 3.63) is 5.69 Å². The van der Waals surface area contributed by atoms with Gasteiger partial charge in [-0.2, -0.15) is 0 Å². The average molecular weight is 152 g/mol. The minimum absolute atomic E-state index is 0.0337. The maximum absolute atomic E-state index is 11.2. The summed E-state index contributed by atoms with van der Waals surface area (Å²) in [6.45, 7) is 3.65. The number of nitrogens with one attached hydrogen (secondary N) is 2. The van der Waals surface area contributed by atoms with Gasteiger partial charge in [0.05, 0.1) is 11.1 Å². The molecule has 0 bridgehead atoms. The van der Waals surface area contributed by atoms with Gasteiger partial charge in [0.1, 0.15) is 0 Å². The lowest BCUT2D eigenvalue weighted by molar-refractivity contribution is -0.119. The van der Waals surface area contributed by atoms with Crippen molar-refractivity contribution in [2.45, 2.75) is 19.3 Å². The van der Waals surface area contributed by atoms with Gasteiger partial charge in [-0.25, -0.2) is 0 Å². The summed E-state index contributed by atoms with van der Waals surface area (Å²) in [6.07, 6.45) is 0. The Morgan fingerprint density at radius 1 is 1.45 bits per heavy atom. The molecule has 0 radical (unpaired) electrons. The van der Waals surface area contributed by atoms with E-state index in [0.717, 1.165) is 5.69 Å². The van der Waals surface area contributed by atoms with Crippen LogP contribution >= 0.6 is 0 Å². The van der Waals surface area contributed by atoms with Crippen LogP contribution in [0.1, 0.15) is 19.5 Å². The fraction of sp³-hybridized carbons (Fsp3) is 0.500. The van der Waals surface area contributed by atoms with E-state index in [-0.39, 0.29) is 5.91 Å². The molecule has 2 heterocycles. The normalized spacial score (nSPS) is 19.6. The molecule has 5 heteroatoms. The Morgan fingerprint density at radius 2 is 2.18 bits per heavy atom. The first-order valence-electron chi connectivity index (χ1n) is 3.35. The summed E-state index contributed by atoms with van der Waals surface area (Å²) in [5, 5.41) is 12.6. The van der Waals surface area contributed by atoms with Gasteiger partial charge in [0, 0.05) is 0 Å². The highest BCUT2D eigenvalue weighted by Crippen LogP contribution is 2.33. The number of anilines is 1. The zero-order valence-corrected chi connectivity index (χ0v) is 6.30. The van der Waals surface area contributed by atoms with Crippen molar-refractivity contribution in [2.75, 3.05) is 5.32 Å². The second-order valence-electron chi connectivity index (χ2n) is 3.11. The van der Waals surface area contributed by atoms with Gasteiger partial charge in [0.15, 0.2) is 5.82 Å². The minimum Gasteiger partial charge on any atom is -0.307 e. The fourth-order valence-corrected chi connectivity index (χ4v) is 1.13. The van der Waals surface area contributed by atoms with Crippen molar-refractivity contribution >= 4 is 11.7 Å². The molecular weight excluding hydrogens is 144 g/mol. The summed E-state index contributed by atoms with van der Waals surface area (Å²) in [4.78, 5) is 11.2. The molecule has 2 rings (SSSR count). The first-order chi connectivity index (χ1) is 5.12. The second kappa shape index (κ2) is 1.61. The number of fused-ring (bicyclic) bond motifs is 1. The first-order valence-corrected chi connectivity index (χ1v) is 3.35. The third-order valence-electron chi connectivity index (χ3n) is 1.97. The van der Waals surface area contributed by atoms with Gasteiger partial charge in [-0.15, -0.1) is 5.10 Å². The summed E-state index contributed by atoms with van der Waals surface area (Å²) >= 11 is 0. The lowest BCUT2D eigenvalue weighted by Gasteiger charge is -2.11. The van der Waals surface area contributed by atoms with Crippen LogP contribution in [0.3, 0.4) is 0 Å². The Labute approximate surface area is 63.2 Å². The Balaban J connectivity index is 2.61. The Kier molecular flexibility index (Phi) is 0.925. The molecule has 1 aromatic heterocycles. The maximum Gasteiger partial charge on any atom is 0.237 e. The predicted molar refractivity (Wildman–Crippen MR) is 38.0 cm³/mol. The number of H-pyrrole nitrogens is 1. The van der Waals surface area contributed by atoms with E-state index >= 15 is 0 Å². The van der Waals surface area contributed by atoms with Crippen LogP contribution < -0.4 is 5.32 Å². The van der Waals surface area contributed by atoms with Crippen LogP contribution in [0.5, 0.6) is 0 Å². The van der Waals surface area contributed by atoms with E-state index in [4.69, 9.17) is 0 Å². The Morgan fingerprint density at radius 3 is 2.82 bits per heavy atom. The van der Waals surface area contributed by atoms with Gasteiger partial charge in [0.25, 0.3) is 0 Å². The number of aromatic amines is 1. The second-order valence-corrected chi connectivity index (χ2v) is 3.11. The smallest absolute Gasteiger partial charge is 0.237 e. The van der Waals surface area contributed by atoms with E-state index in [1.807, 2.05) is 13.8 Å². The molecule has 5 nitrogen and oxygen atoms in total. The van der Waals surface area contributed by atoms with E-state index in [1.54, 1.807) is 0 Å². The number of carbonyl (C=O) groups excluding carboxylic acids is 1. The summed E-state index contributed by atoms with van der Waals surface area (Å²) in [5.41, 5.74) is 0.251. The first kappa shape index (κ1) is 6.33. The molecule has 0 saturated heterocycles. The van der Waals surface area contributed by atoms with Crippen LogP contribution in [0, 0.1) is 0 Å². The van der Waals surface area contributed by atoms with Crippen LogP contribution in [0.25, 0.3) is 0 Å². The SMILES string of the molecule is CC1(C)C(=O)Nc2nn[nH]c21. The van der Waals surface area contributed by atoms with Crippen LogP contribution in [0.4, 0.5) is 5.82 Å². The van der Waals surface area contributed by atoms with Crippen molar-refractivity contribution in [3.63, 3.8) is 0 Å². The number of rotatable bonds is 0. The van der Waals surface area contributed by atoms with Crippen LogP contribution in [0.15, 0.2) is 0 Å². The standard InChI is InChI=1S/C6H8N4O/c1-6(2)3-4(7-5(6)11)9-10-8-3/h1-2H3,(H2,7,8,9,10,11). The molecule has 1 aromatic rings. The van der Waals surface area contributed by atoms with Crippen LogP contribution in [0.2, 0.25) is 0 Å². The fourth-order valence-electron chi connectivity index (χ4n) is 1.13. The predicted octanol–water partition coefficient (Wildman–Crippen LogP) is 0.0344. The van der Waals surface area contributed by atoms with Crippen LogP contribution in [-0.4, -0.2) is 21.3 Å². The molecule has 1 aliphatic rings. The van der Waals surface area contributed by atoms with Gasteiger partial charge >= 0.3 is 0 Å². The largest absolute Gasteiger partial charge is 0.307 e. The third-order valence-corrected chi connectivity index (χ3v) is 1.97. The molecule has 58 valence electrons. The Bertz CT molecular complexity index is 314. The van der Waals surface area contributed by atoms with Crippen molar-refractivity contribution in [1.82, 2.24) is 15.4 Å². The van der Waals surface area contributed by atoms with Crippen molar-refractivity contribution < 1.29 is 4.79 Å². The number of amides is 1. The molecule has 0 unspecified atom stereocenters. The van der Waals surface area contributed by atoms with Gasteiger partial charge in [-0.05, 0) is 13.8 Å². The highest BCUT2D eigenvalue weighted by molar-refractivity contribution is 6.03. The molecule has 0 aliphatic carbocycles. The summed E-state index contributed by atoms with van der Waals surface area (Å²) in [6, 6.07) is 0. The highest BCUT2D eigenvalue weighted by atomic mass is 16.2. The number of hydrogen-bond acceptors (Lipinski definition) is 3. The van der Waals surface area contributed by atoms with Crippen molar-refractivity contribution in [3.8, 4) is 0 Å². The van der Waals surface area contributed by atoms with E-state index in [2.05, 4.69) is 20.7 Å². The molecule has 11 heavy (non-hydrogen) atoms. The monoisotopic (exact) mass is 152 g/mol. The molecule has 0 fully saturated rings. The van der Waals surface area contributed by atoms with Gasteiger partial charge in [-0.3, -0.25) is 9.89 Å². The molecule has 1 amide bonds. The highest BCUT2D eigenvalue weighted by Gasteiger charge is 2.41. The summed E-state index contributed by atoms with van der Waals surface area (Å²) < 4.78 is 0. The summed E-state index contributed by atoms with van der Waals surface area (Å²) in [7, 11) is 0. The van der Waals surface area contributed by atoms with E-state index in [9.17, 15) is 4.79 Å². The number of hydrogen-bond donors (Lipinski definition) is 2. The molecule has 0 saturated carbocycles. The summed E-state index contributed by atoms with van der Waals surface area (Å²) in [5.74, 6) is 0.522. The lowest BCUT2D eigenvalue weighted by Crippen LogP contribution is -2.28. The number of aromatic nitrogens is 3. The van der Waals surface area contributed by atoms with Crippen molar-refractivity contribution in [1.29, 1.82) is 0 Å².